The maximum atomic E-state index is 5.67. The molecule has 1 aromatic heterocycles. The average Bonchev–Trinajstić information content (AvgIpc) is 2.83. The van der Waals surface area contributed by atoms with Crippen LogP contribution in [0.25, 0.3) is 5.69 Å². The maximum absolute atomic E-state index is 5.67. The Bertz CT molecular complexity index is 474. The molecule has 0 saturated carbocycles. The van der Waals surface area contributed by atoms with Crippen LogP contribution in [0.5, 0.6) is 0 Å². The second kappa shape index (κ2) is 5.66. The van der Waals surface area contributed by atoms with E-state index in [4.69, 9.17) is 11.6 Å². The van der Waals surface area contributed by atoms with Crippen LogP contribution in [0, 0.1) is 0 Å². The second-order valence-electron chi connectivity index (χ2n) is 3.74. The third kappa shape index (κ3) is 3.44. The molecule has 88 valence electrons. The van der Waals surface area contributed by atoms with Gasteiger partial charge in [0.15, 0.2) is 0 Å². The smallest absolute Gasteiger partial charge is 0.0645 e. The van der Waals surface area contributed by atoms with Crippen molar-refractivity contribution in [3.05, 3.63) is 59.9 Å². The van der Waals surface area contributed by atoms with E-state index in [1.165, 1.54) is 5.56 Å². The summed E-state index contributed by atoms with van der Waals surface area (Å²) in [5, 5.41) is 8.00. The number of nitrogens with zero attached hydrogens (tertiary/aromatic N) is 2. The topological polar surface area (TPSA) is 29.9 Å². The predicted molar refractivity (Wildman–Crippen MR) is 70.3 cm³/mol. The molecule has 0 bridgehead atoms. The zero-order valence-electron chi connectivity index (χ0n) is 9.44. The molecule has 0 unspecified atom stereocenters. The van der Waals surface area contributed by atoms with E-state index in [1.807, 2.05) is 29.1 Å². The lowest BCUT2D eigenvalue weighted by Gasteiger charge is -2.05. The first-order chi connectivity index (χ1) is 8.25. The Kier molecular flexibility index (Phi) is 3.96. The van der Waals surface area contributed by atoms with Crippen LogP contribution in [-0.4, -0.2) is 16.3 Å². The number of nitrogens with one attached hydrogen (secondary N) is 1. The minimum Gasteiger partial charge on any atom is -0.308 e. The minimum absolute atomic E-state index is 0.623. The largest absolute Gasteiger partial charge is 0.308 e. The summed E-state index contributed by atoms with van der Waals surface area (Å²) in [6.07, 6.45) is 3.69. The van der Waals surface area contributed by atoms with Gasteiger partial charge in [-0.15, -0.1) is 0 Å². The number of benzene rings is 1. The minimum atomic E-state index is 0.623. The molecular weight excluding hydrogens is 234 g/mol. The van der Waals surface area contributed by atoms with E-state index in [9.17, 15) is 0 Å². The van der Waals surface area contributed by atoms with Crippen molar-refractivity contribution in [2.24, 2.45) is 0 Å². The summed E-state index contributed by atoms with van der Waals surface area (Å²) in [4.78, 5) is 0. The molecule has 4 heteroatoms. The highest BCUT2D eigenvalue weighted by Gasteiger charge is 1.97. The summed E-state index contributed by atoms with van der Waals surface area (Å²) in [6, 6.07) is 10.1. The van der Waals surface area contributed by atoms with Crippen LogP contribution in [0.15, 0.2) is 54.3 Å². The van der Waals surface area contributed by atoms with Crippen LogP contribution < -0.4 is 5.32 Å². The lowest BCUT2D eigenvalue weighted by Crippen LogP contribution is -2.14. The molecule has 0 atom stereocenters. The Morgan fingerprint density at radius 2 is 2.12 bits per heavy atom. The number of hydrogen-bond acceptors (Lipinski definition) is 2. The van der Waals surface area contributed by atoms with Gasteiger partial charge in [-0.25, -0.2) is 4.68 Å². The van der Waals surface area contributed by atoms with Gasteiger partial charge in [0.25, 0.3) is 0 Å². The van der Waals surface area contributed by atoms with Crippen LogP contribution in [0.4, 0.5) is 0 Å². The van der Waals surface area contributed by atoms with E-state index in [2.05, 4.69) is 29.1 Å². The first kappa shape index (κ1) is 11.9. The summed E-state index contributed by atoms with van der Waals surface area (Å²) in [6.45, 7) is 5.04. The summed E-state index contributed by atoms with van der Waals surface area (Å²) in [7, 11) is 0. The van der Waals surface area contributed by atoms with Gasteiger partial charge < -0.3 is 5.32 Å². The van der Waals surface area contributed by atoms with Gasteiger partial charge in [0.1, 0.15) is 0 Å². The molecule has 0 fully saturated rings. The molecule has 0 aliphatic heterocycles. The van der Waals surface area contributed by atoms with Crippen LogP contribution in [0.3, 0.4) is 0 Å². The van der Waals surface area contributed by atoms with Crippen LogP contribution in [0.1, 0.15) is 5.56 Å². The molecule has 0 amide bonds. The highest BCUT2D eigenvalue weighted by molar-refractivity contribution is 6.29. The molecule has 3 nitrogen and oxygen atoms in total. The third-order valence-electron chi connectivity index (χ3n) is 2.35. The zero-order valence-corrected chi connectivity index (χ0v) is 10.2. The molecule has 0 radical (unpaired) electrons. The van der Waals surface area contributed by atoms with Crippen molar-refractivity contribution < 1.29 is 0 Å². The summed E-state index contributed by atoms with van der Waals surface area (Å²) < 4.78 is 1.83. The second-order valence-corrected chi connectivity index (χ2v) is 4.27. The fourth-order valence-corrected chi connectivity index (χ4v) is 1.63. The van der Waals surface area contributed by atoms with Crippen molar-refractivity contribution in [3.63, 3.8) is 0 Å². The van der Waals surface area contributed by atoms with Crippen molar-refractivity contribution in [2.75, 3.05) is 6.54 Å². The van der Waals surface area contributed by atoms with Crippen molar-refractivity contribution in [1.29, 1.82) is 0 Å². The highest BCUT2D eigenvalue weighted by Crippen LogP contribution is 2.08. The van der Waals surface area contributed by atoms with E-state index in [0.29, 0.717) is 11.6 Å². The molecule has 0 saturated heterocycles. The third-order valence-corrected chi connectivity index (χ3v) is 2.48. The van der Waals surface area contributed by atoms with Crippen molar-refractivity contribution in [2.45, 2.75) is 6.54 Å². The number of aromatic nitrogens is 2. The van der Waals surface area contributed by atoms with Crippen LogP contribution in [0.2, 0.25) is 0 Å². The maximum Gasteiger partial charge on any atom is 0.0645 e. The van der Waals surface area contributed by atoms with Gasteiger partial charge in [0.05, 0.1) is 5.69 Å². The zero-order chi connectivity index (χ0) is 12.1. The number of rotatable bonds is 5. The van der Waals surface area contributed by atoms with E-state index in [0.717, 1.165) is 12.2 Å². The molecule has 17 heavy (non-hydrogen) atoms. The first-order valence-corrected chi connectivity index (χ1v) is 5.76. The standard InChI is InChI=1S/C13H14ClN3/c1-11(14)9-15-10-12-3-5-13(6-4-12)17-8-2-7-16-17/h2-8,15H,1,9-10H2. The van der Waals surface area contributed by atoms with Crippen LogP contribution >= 0.6 is 11.6 Å². The van der Waals surface area contributed by atoms with E-state index >= 15 is 0 Å². The van der Waals surface area contributed by atoms with Gasteiger partial charge in [0.2, 0.25) is 0 Å². The van der Waals surface area contributed by atoms with E-state index in [1.54, 1.807) is 6.20 Å². The Balaban J connectivity index is 1.96. The molecular formula is C13H14ClN3. The van der Waals surface area contributed by atoms with Crippen molar-refractivity contribution in [1.82, 2.24) is 15.1 Å². The quantitative estimate of drug-likeness (QED) is 0.881. The molecule has 0 aliphatic carbocycles. The Morgan fingerprint density at radius 3 is 2.71 bits per heavy atom. The van der Waals surface area contributed by atoms with Crippen molar-refractivity contribution in [3.8, 4) is 5.69 Å². The van der Waals surface area contributed by atoms with E-state index in [-0.39, 0.29) is 0 Å². The molecule has 1 heterocycles. The average molecular weight is 248 g/mol. The lowest BCUT2D eigenvalue weighted by atomic mass is 10.2. The van der Waals surface area contributed by atoms with Gasteiger partial charge in [0, 0.05) is 30.5 Å². The molecule has 1 N–H and O–H groups in total. The van der Waals surface area contributed by atoms with Crippen LogP contribution in [-0.2, 0) is 6.54 Å². The Morgan fingerprint density at radius 1 is 1.35 bits per heavy atom. The summed E-state index contributed by atoms with van der Waals surface area (Å²) >= 11 is 5.67. The fourth-order valence-electron chi connectivity index (χ4n) is 1.53. The Labute approximate surface area is 106 Å². The first-order valence-electron chi connectivity index (χ1n) is 5.38. The molecule has 0 aliphatic rings. The van der Waals surface area contributed by atoms with Gasteiger partial charge in [-0.3, -0.25) is 0 Å². The molecule has 1 aromatic carbocycles. The van der Waals surface area contributed by atoms with Gasteiger partial charge in [-0.05, 0) is 23.8 Å². The van der Waals surface area contributed by atoms with E-state index < -0.39 is 0 Å². The normalized spacial score (nSPS) is 10.4. The van der Waals surface area contributed by atoms with Gasteiger partial charge in [-0.1, -0.05) is 30.3 Å². The highest BCUT2D eigenvalue weighted by atomic mass is 35.5. The molecule has 0 spiro atoms. The lowest BCUT2D eigenvalue weighted by molar-refractivity contribution is 0.754. The van der Waals surface area contributed by atoms with Gasteiger partial charge in [-0.2, -0.15) is 5.10 Å². The number of hydrogen-bond donors (Lipinski definition) is 1. The number of halogens is 1. The SMILES string of the molecule is C=C(Cl)CNCc1ccc(-n2cccn2)cc1. The molecule has 2 aromatic rings. The monoisotopic (exact) mass is 247 g/mol. The fraction of sp³-hybridized carbons (Fsp3) is 0.154. The Hall–Kier alpha value is -1.58. The predicted octanol–water partition coefficient (Wildman–Crippen LogP) is 2.71. The summed E-state index contributed by atoms with van der Waals surface area (Å²) in [5.41, 5.74) is 2.26. The molecule has 2 rings (SSSR count). The van der Waals surface area contributed by atoms with Gasteiger partial charge >= 0.3 is 0 Å². The van der Waals surface area contributed by atoms with Crippen molar-refractivity contribution >= 4 is 11.6 Å². The summed E-state index contributed by atoms with van der Waals surface area (Å²) in [5.74, 6) is 0.